The van der Waals surface area contributed by atoms with E-state index in [4.69, 9.17) is 0 Å². The molecule has 2 heterocycles. The summed E-state index contributed by atoms with van der Waals surface area (Å²) >= 11 is 1.64. The van der Waals surface area contributed by atoms with Crippen LogP contribution in [0.25, 0.3) is 0 Å². The predicted molar refractivity (Wildman–Crippen MR) is 86.0 cm³/mol. The van der Waals surface area contributed by atoms with Crippen LogP contribution in [0.2, 0.25) is 0 Å². The molecule has 0 spiro atoms. The van der Waals surface area contributed by atoms with Gasteiger partial charge in [-0.15, -0.1) is 0 Å². The van der Waals surface area contributed by atoms with E-state index in [-0.39, 0.29) is 17.8 Å². The molecule has 10 heteroatoms. The van der Waals surface area contributed by atoms with Crippen molar-refractivity contribution in [1.82, 2.24) is 14.3 Å². The smallest absolute Gasteiger partial charge is 0.387 e. The number of nitrogens with one attached hydrogen (secondary N) is 1. The van der Waals surface area contributed by atoms with Crippen molar-refractivity contribution < 1.29 is 23.0 Å². The normalized spacial score (nSPS) is 16.2. The Balaban J connectivity index is 1.68. The predicted octanol–water partition coefficient (Wildman–Crippen LogP) is 2.17. The van der Waals surface area contributed by atoms with E-state index in [0.29, 0.717) is 18.1 Å². The molecule has 24 heavy (non-hydrogen) atoms. The molecule has 2 rings (SSSR count). The third kappa shape index (κ3) is 6.44. The first-order chi connectivity index (χ1) is 11.6. The second-order valence-corrected chi connectivity index (χ2v) is 6.31. The zero-order chi connectivity index (χ0) is 17.4. The molecular weight excluding hydrogens is 342 g/mol. The highest BCUT2D eigenvalue weighted by molar-refractivity contribution is 7.97. The Morgan fingerprint density at radius 2 is 2.08 bits per heavy atom. The van der Waals surface area contributed by atoms with Gasteiger partial charge in [-0.25, -0.2) is 9.97 Å². The fourth-order valence-corrected chi connectivity index (χ4v) is 3.21. The van der Waals surface area contributed by atoms with Crippen LogP contribution in [-0.4, -0.2) is 58.8 Å². The van der Waals surface area contributed by atoms with Gasteiger partial charge in [0.25, 0.3) is 0 Å². The number of carbonyl (C=O) groups excluding carboxylic acids is 1. The van der Waals surface area contributed by atoms with Gasteiger partial charge in [-0.1, -0.05) is 11.9 Å². The molecule has 0 bridgehead atoms. The average Bonchev–Trinajstić information content (AvgIpc) is 2.57. The Labute approximate surface area is 143 Å². The van der Waals surface area contributed by atoms with E-state index in [1.165, 1.54) is 19.5 Å². The van der Waals surface area contributed by atoms with Crippen LogP contribution in [0.4, 0.5) is 14.7 Å². The number of piperidine rings is 1. The second kappa shape index (κ2) is 9.58. The van der Waals surface area contributed by atoms with Crippen molar-refractivity contribution in [1.29, 1.82) is 0 Å². The lowest BCUT2D eigenvalue weighted by Gasteiger charge is -2.31. The lowest BCUT2D eigenvalue weighted by molar-refractivity contribution is -0.140. The number of methoxy groups -OCH3 is 1. The highest BCUT2D eigenvalue weighted by Gasteiger charge is 2.20. The standard InChI is InChI=1S/C14H20F2N4O3S/c1-22-12(21)4-7-24-20-5-2-10(3-6-20)19-14-17-8-11(9-18-14)23-13(15)16/h8-10,13H,2-7H2,1H3,(H,17,18,19). The number of halogens is 2. The van der Waals surface area contributed by atoms with Crippen LogP contribution in [0.3, 0.4) is 0 Å². The molecule has 1 aromatic heterocycles. The summed E-state index contributed by atoms with van der Waals surface area (Å²) in [6, 6.07) is 0.226. The summed E-state index contributed by atoms with van der Waals surface area (Å²) in [6.07, 6.45) is 4.66. The number of rotatable bonds is 8. The molecule has 0 aliphatic carbocycles. The summed E-state index contributed by atoms with van der Waals surface area (Å²) < 4.78 is 35.2. The van der Waals surface area contributed by atoms with Crippen molar-refractivity contribution in [3.8, 4) is 5.75 Å². The SMILES string of the molecule is COC(=O)CCSN1CCC(Nc2ncc(OC(F)F)cn2)CC1. The molecule has 134 valence electrons. The van der Waals surface area contributed by atoms with Gasteiger partial charge >= 0.3 is 12.6 Å². The third-order valence-corrected chi connectivity index (χ3v) is 4.57. The Morgan fingerprint density at radius 1 is 1.42 bits per heavy atom. The molecule has 7 nitrogen and oxygen atoms in total. The number of aromatic nitrogens is 2. The summed E-state index contributed by atoms with van der Waals surface area (Å²) in [7, 11) is 1.39. The first-order valence-electron chi connectivity index (χ1n) is 7.55. The minimum Gasteiger partial charge on any atom is -0.469 e. The number of esters is 1. The van der Waals surface area contributed by atoms with Crippen molar-refractivity contribution >= 4 is 23.9 Å². The Bertz CT molecular complexity index is 513. The third-order valence-electron chi connectivity index (χ3n) is 3.45. The molecule has 0 aromatic carbocycles. The van der Waals surface area contributed by atoms with Gasteiger partial charge in [-0.2, -0.15) is 8.78 Å². The van der Waals surface area contributed by atoms with Gasteiger partial charge in [0.05, 0.1) is 25.9 Å². The van der Waals surface area contributed by atoms with E-state index in [9.17, 15) is 13.6 Å². The van der Waals surface area contributed by atoms with Crippen molar-refractivity contribution in [3.05, 3.63) is 12.4 Å². The van der Waals surface area contributed by atoms with Crippen LogP contribution < -0.4 is 10.1 Å². The number of alkyl halides is 2. The van der Waals surface area contributed by atoms with Crippen LogP contribution in [0.5, 0.6) is 5.75 Å². The Hall–Kier alpha value is -1.68. The lowest BCUT2D eigenvalue weighted by Crippen LogP contribution is -2.36. The highest BCUT2D eigenvalue weighted by atomic mass is 32.2. The molecule has 0 atom stereocenters. The van der Waals surface area contributed by atoms with Crippen LogP contribution >= 0.6 is 11.9 Å². The molecule has 1 aromatic rings. The quantitative estimate of drug-likeness (QED) is 0.557. The topological polar surface area (TPSA) is 76.6 Å². The fourth-order valence-electron chi connectivity index (χ4n) is 2.23. The van der Waals surface area contributed by atoms with Gasteiger partial charge < -0.3 is 14.8 Å². The van der Waals surface area contributed by atoms with Gasteiger partial charge in [-0.05, 0) is 12.8 Å². The minimum absolute atomic E-state index is 0.0626. The first kappa shape index (κ1) is 18.7. The van der Waals surface area contributed by atoms with Crippen LogP contribution in [0, 0.1) is 0 Å². The molecule has 1 fully saturated rings. The molecule has 0 unspecified atom stereocenters. The van der Waals surface area contributed by atoms with Crippen LogP contribution in [0.1, 0.15) is 19.3 Å². The minimum atomic E-state index is -2.88. The molecule has 1 saturated heterocycles. The number of ether oxygens (including phenoxy) is 2. The zero-order valence-electron chi connectivity index (χ0n) is 13.3. The number of hydrogen-bond acceptors (Lipinski definition) is 8. The van der Waals surface area contributed by atoms with E-state index in [0.717, 1.165) is 25.9 Å². The zero-order valence-corrected chi connectivity index (χ0v) is 14.1. The molecule has 1 aliphatic rings. The van der Waals surface area contributed by atoms with Crippen molar-refractivity contribution in [2.45, 2.75) is 31.9 Å². The summed E-state index contributed by atoms with van der Waals surface area (Å²) in [5, 5.41) is 3.19. The molecular formula is C14H20F2N4O3S. The Morgan fingerprint density at radius 3 is 2.67 bits per heavy atom. The highest BCUT2D eigenvalue weighted by Crippen LogP contribution is 2.21. The van der Waals surface area contributed by atoms with Gasteiger partial charge in [0.15, 0.2) is 5.75 Å². The van der Waals surface area contributed by atoms with Gasteiger partial charge in [0.1, 0.15) is 0 Å². The summed E-state index contributed by atoms with van der Waals surface area (Å²) in [5.41, 5.74) is 0. The maximum atomic E-state index is 12.1. The van der Waals surface area contributed by atoms with Gasteiger partial charge in [0.2, 0.25) is 5.95 Å². The van der Waals surface area contributed by atoms with E-state index in [1.54, 1.807) is 11.9 Å². The molecule has 1 aliphatic heterocycles. The van der Waals surface area contributed by atoms with E-state index in [2.05, 4.69) is 29.1 Å². The lowest BCUT2D eigenvalue weighted by atomic mass is 10.1. The molecule has 0 saturated carbocycles. The van der Waals surface area contributed by atoms with Gasteiger partial charge in [0, 0.05) is 24.9 Å². The maximum Gasteiger partial charge on any atom is 0.387 e. The first-order valence-corrected chi connectivity index (χ1v) is 8.49. The van der Waals surface area contributed by atoms with Crippen LogP contribution in [-0.2, 0) is 9.53 Å². The Kier molecular flexibility index (Phi) is 7.44. The fraction of sp³-hybridized carbons (Fsp3) is 0.643. The van der Waals surface area contributed by atoms with Gasteiger partial charge in [-0.3, -0.25) is 9.10 Å². The van der Waals surface area contributed by atoms with E-state index < -0.39 is 6.61 Å². The molecule has 1 N–H and O–H groups in total. The second-order valence-electron chi connectivity index (χ2n) is 5.13. The number of anilines is 1. The number of hydrogen-bond donors (Lipinski definition) is 1. The van der Waals surface area contributed by atoms with Crippen molar-refractivity contribution in [3.63, 3.8) is 0 Å². The summed E-state index contributed by atoms with van der Waals surface area (Å²) in [6.45, 7) is -1.11. The molecule has 0 amide bonds. The molecule has 0 radical (unpaired) electrons. The summed E-state index contributed by atoms with van der Waals surface area (Å²) in [5.74, 6) is 0.843. The summed E-state index contributed by atoms with van der Waals surface area (Å²) in [4.78, 5) is 19.0. The monoisotopic (exact) mass is 362 g/mol. The van der Waals surface area contributed by atoms with E-state index >= 15 is 0 Å². The number of nitrogens with zero attached hydrogens (tertiary/aromatic N) is 3. The number of carbonyl (C=O) groups is 1. The van der Waals surface area contributed by atoms with Crippen molar-refractivity contribution in [2.75, 3.05) is 31.3 Å². The van der Waals surface area contributed by atoms with E-state index in [1.807, 2.05) is 0 Å². The largest absolute Gasteiger partial charge is 0.469 e. The van der Waals surface area contributed by atoms with Crippen molar-refractivity contribution in [2.24, 2.45) is 0 Å². The van der Waals surface area contributed by atoms with Crippen LogP contribution in [0.15, 0.2) is 12.4 Å². The average molecular weight is 362 g/mol. The maximum absolute atomic E-state index is 12.1.